The van der Waals surface area contributed by atoms with E-state index in [1.807, 2.05) is 24.3 Å². The second-order valence-corrected chi connectivity index (χ2v) is 7.02. The van der Waals surface area contributed by atoms with Crippen molar-refractivity contribution >= 4 is 23.0 Å². The molecule has 4 rings (SSSR count). The van der Waals surface area contributed by atoms with Crippen LogP contribution in [-0.4, -0.2) is 66.5 Å². The van der Waals surface area contributed by atoms with E-state index in [2.05, 4.69) is 19.7 Å². The highest BCUT2D eigenvalue weighted by atomic mass is 16.4. The quantitative estimate of drug-likeness (QED) is 0.857. The van der Waals surface area contributed by atoms with Crippen molar-refractivity contribution < 1.29 is 9.21 Å². The van der Waals surface area contributed by atoms with Crippen molar-refractivity contribution in [2.75, 3.05) is 50.7 Å². The number of fused-ring (bicyclic) bond motifs is 1. The molecule has 3 heterocycles. The normalized spacial score (nSPS) is 20.0. The van der Waals surface area contributed by atoms with Gasteiger partial charge in [-0.3, -0.25) is 9.69 Å². The lowest BCUT2D eigenvalue weighted by Crippen LogP contribution is -2.50. The van der Waals surface area contributed by atoms with Crippen LogP contribution < -0.4 is 4.90 Å². The highest BCUT2D eigenvalue weighted by Crippen LogP contribution is 2.22. The SMILES string of the molecule is O=C(CN1CCN(c2nc3ccccc3o2)CC1)N1CCCCCC1. The number of hydrogen-bond donors (Lipinski definition) is 0. The molecule has 25 heavy (non-hydrogen) atoms. The van der Waals surface area contributed by atoms with E-state index in [0.29, 0.717) is 12.6 Å². The molecule has 1 aromatic carbocycles. The van der Waals surface area contributed by atoms with Gasteiger partial charge in [-0.25, -0.2) is 0 Å². The number of para-hydroxylation sites is 2. The first-order valence-corrected chi connectivity index (χ1v) is 9.40. The van der Waals surface area contributed by atoms with Gasteiger partial charge in [-0.2, -0.15) is 4.98 Å². The van der Waals surface area contributed by atoms with Crippen molar-refractivity contribution in [3.05, 3.63) is 24.3 Å². The minimum Gasteiger partial charge on any atom is -0.423 e. The molecule has 2 aliphatic rings. The number of benzene rings is 1. The number of rotatable bonds is 3. The summed E-state index contributed by atoms with van der Waals surface area (Å²) in [5.74, 6) is 0.289. The number of piperazine rings is 1. The van der Waals surface area contributed by atoms with Gasteiger partial charge in [0.15, 0.2) is 5.58 Å². The molecule has 2 aromatic rings. The summed E-state index contributed by atoms with van der Waals surface area (Å²) in [7, 11) is 0. The number of oxazole rings is 1. The molecule has 2 aliphatic heterocycles. The molecule has 0 aliphatic carbocycles. The minimum atomic E-state index is 0.289. The van der Waals surface area contributed by atoms with Crippen LogP contribution in [0.2, 0.25) is 0 Å². The van der Waals surface area contributed by atoms with E-state index in [9.17, 15) is 4.79 Å². The Kier molecular flexibility index (Phi) is 4.88. The third-order valence-corrected chi connectivity index (χ3v) is 5.24. The van der Waals surface area contributed by atoms with Crippen LogP contribution in [0.3, 0.4) is 0 Å². The van der Waals surface area contributed by atoms with Crippen LogP contribution in [0.25, 0.3) is 11.1 Å². The Morgan fingerprint density at radius 1 is 0.960 bits per heavy atom. The van der Waals surface area contributed by atoms with Crippen molar-refractivity contribution in [1.29, 1.82) is 0 Å². The first kappa shape index (κ1) is 16.4. The minimum absolute atomic E-state index is 0.289. The highest BCUT2D eigenvalue weighted by Gasteiger charge is 2.24. The monoisotopic (exact) mass is 342 g/mol. The second kappa shape index (κ2) is 7.44. The molecule has 0 bridgehead atoms. The lowest BCUT2D eigenvalue weighted by Gasteiger charge is -2.34. The Balaban J connectivity index is 1.31. The van der Waals surface area contributed by atoms with Gasteiger partial charge in [-0.1, -0.05) is 25.0 Å². The number of carbonyl (C=O) groups excluding carboxylic acids is 1. The van der Waals surface area contributed by atoms with Crippen molar-refractivity contribution in [3.8, 4) is 0 Å². The van der Waals surface area contributed by atoms with Crippen LogP contribution in [0.5, 0.6) is 0 Å². The standard InChI is InChI=1S/C19H26N4O2/c24-18(22-9-5-1-2-6-10-22)15-21-11-13-23(14-12-21)19-20-16-7-3-4-8-17(16)25-19/h3-4,7-8H,1-2,5-6,9-15H2. The number of aromatic nitrogens is 1. The molecule has 0 spiro atoms. The van der Waals surface area contributed by atoms with Crippen LogP contribution in [0, 0.1) is 0 Å². The molecule has 1 amide bonds. The van der Waals surface area contributed by atoms with E-state index in [4.69, 9.17) is 4.42 Å². The summed E-state index contributed by atoms with van der Waals surface area (Å²) in [5, 5.41) is 0. The van der Waals surface area contributed by atoms with E-state index in [1.54, 1.807) is 0 Å². The lowest BCUT2D eigenvalue weighted by molar-refractivity contribution is -0.132. The first-order chi connectivity index (χ1) is 12.3. The molecule has 6 heteroatoms. The van der Waals surface area contributed by atoms with Crippen molar-refractivity contribution in [2.45, 2.75) is 25.7 Å². The van der Waals surface area contributed by atoms with Gasteiger partial charge in [-0.15, -0.1) is 0 Å². The summed E-state index contributed by atoms with van der Waals surface area (Å²) in [5.41, 5.74) is 1.73. The van der Waals surface area contributed by atoms with Crippen LogP contribution >= 0.6 is 0 Å². The van der Waals surface area contributed by atoms with Gasteiger partial charge in [0.1, 0.15) is 5.52 Å². The Morgan fingerprint density at radius 3 is 2.40 bits per heavy atom. The Morgan fingerprint density at radius 2 is 1.68 bits per heavy atom. The van der Waals surface area contributed by atoms with Gasteiger partial charge in [-0.05, 0) is 25.0 Å². The molecular weight excluding hydrogens is 316 g/mol. The van der Waals surface area contributed by atoms with Crippen molar-refractivity contribution in [2.24, 2.45) is 0 Å². The summed E-state index contributed by atoms with van der Waals surface area (Å²) >= 11 is 0. The topological polar surface area (TPSA) is 52.8 Å². The molecule has 0 unspecified atom stereocenters. The zero-order valence-electron chi connectivity index (χ0n) is 14.7. The van der Waals surface area contributed by atoms with E-state index in [-0.39, 0.29) is 5.91 Å². The summed E-state index contributed by atoms with van der Waals surface area (Å²) < 4.78 is 5.85. The fraction of sp³-hybridized carbons (Fsp3) is 0.579. The smallest absolute Gasteiger partial charge is 0.298 e. The Labute approximate surface area is 148 Å². The maximum atomic E-state index is 12.5. The van der Waals surface area contributed by atoms with Crippen LogP contribution in [0.4, 0.5) is 6.01 Å². The molecule has 6 nitrogen and oxygen atoms in total. The zero-order chi connectivity index (χ0) is 17.1. The average molecular weight is 342 g/mol. The van der Waals surface area contributed by atoms with E-state index in [1.165, 1.54) is 12.8 Å². The maximum absolute atomic E-state index is 12.5. The molecule has 0 saturated carbocycles. The van der Waals surface area contributed by atoms with Gasteiger partial charge in [0.05, 0.1) is 6.54 Å². The number of carbonyl (C=O) groups is 1. The molecule has 0 atom stereocenters. The molecule has 0 radical (unpaired) electrons. The molecule has 2 saturated heterocycles. The summed E-state index contributed by atoms with van der Waals surface area (Å²) in [6.07, 6.45) is 4.81. The highest BCUT2D eigenvalue weighted by molar-refractivity contribution is 5.78. The Bertz CT molecular complexity index is 680. The fourth-order valence-electron chi connectivity index (χ4n) is 3.70. The number of hydrogen-bond acceptors (Lipinski definition) is 5. The lowest BCUT2D eigenvalue weighted by atomic mass is 10.2. The maximum Gasteiger partial charge on any atom is 0.298 e. The van der Waals surface area contributed by atoms with E-state index in [0.717, 1.165) is 63.2 Å². The number of anilines is 1. The van der Waals surface area contributed by atoms with Crippen molar-refractivity contribution in [1.82, 2.24) is 14.8 Å². The summed E-state index contributed by atoms with van der Waals surface area (Å²) in [4.78, 5) is 23.6. The van der Waals surface area contributed by atoms with Crippen molar-refractivity contribution in [3.63, 3.8) is 0 Å². The average Bonchev–Trinajstić information content (AvgIpc) is 2.88. The zero-order valence-corrected chi connectivity index (χ0v) is 14.7. The molecular formula is C19H26N4O2. The Hall–Kier alpha value is -2.08. The van der Waals surface area contributed by atoms with E-state index >= 15 is 0 Å². The predicted molar refractivity (Wildman–Crippen MR) is 97.7 cm³/mol. The van der Waals surface area contributed by atoms with Crippen LogP contribution in [0.1, 0.15) is 25.7 Å². The van der Waals surface area contributed by atoms with Gasteiger partial charge in [0.2, 0.25) is 5.91 Å². The number of nitrogens with zero attached hydrogens (tertiary/aromatic N) is 4. The van der Waals surface area contributed by atoms with Crippen LogP contribution in [-0.2, 0) is 4.79 Å². The third kappa shape index (κ3) is 3.79. The van der Waals surface area contributed by atoms with Gasteiger partial charge in [0.25, 0.3) is 6.01 Å². The van der Waals surface area contributed by atoms with Gasteiger partial charge < -0.3 is 14.2 Å². The molecule has 0 N–H and O–H groups in total. The number of likely N-dealkylation sites (tertiary alicyclic amines) is 1. The van der Waals surface area contributed by atoms with E-state index < -0.39 is 0 Å². The molecule has 2 fully saturated rings. The number of amides is 1. The molecule has 1 aromatic heterocycles. The fourth-order valence-corrected chi connectivity index (χ4v) is 3.70. The molecule has 134 valence electrons. The largest absolute Gasteiger partial charge is 0.423 e. The first-order valence-electron chi connectivity index (χ1n) is 9.40. The second-order valence-electron chi connectivity index (χ2n) is 7.02. The van der Waals surface area contributed by atoms with Gasteiger partial charge >= 0.3 is 0 Å². The van der Waals surface area contributed by atoms with Crippen LogP contribution in [0.15, 0.2) is 28.7 Å². The van der Waals surface area contributed by atoms with Gasteiger partial charge in [0, 0.05) is 39.3 Å². The summed E-state index contributed by atoms with van der Waals surface area (Å²) in [6, 6.07) is 8.55. The summed E-state index contributed by atoms with van der Waals surface area (Å²) in [6.45, 7) is 5.85. The third-order valence-electron chi connectivity index (χ3n) is 5.24. The predicted octanol–water partition coefficient (Wildman–Crippen LogP) is 2.35.